The van der Waals surface area contributed by atoms with Crippen molar-refractivity contribution in [1.29, 1.82) is 0 Å². The Morgan fingerprint density at radius 3 is 2.46 bits per heavy atom. The maximum atomic E-state index is 12.5. The number of halogens is 2. The molecule has 140 valence electrons. The third-order valence-electron chi connectivity index (χ3n) is 4.06. The molecule has 0 radical (unpaired) electrons. The Balaban J connectivity index is 1.77. The molecule has 0 spiro atoms. The van der Waals surface area contributed by atoms with E-state index in [1.165, 1.54) is 34.1 Å². The van der Waals surface area contributed by atoms with Crippen molar-refractivity contribution >= 4 is 57.2 Å². The minimum Gasteiger partial charge on any atom is -0.383 e. The quantitative estimate of drug-likeness (QED) is 0.685. The fourth-order valence-corrected chi connectivity index (χ4v) is 4.16. The van der Waals surface area contributed by atoms with Crippen molar-refractivity contribution in [1.82, 2.24) is 14.6 Å². The number of benzene rings is 1. The molecule has 2 N–H and O–H groups in total. The largest absolute Gasteiger partial charge is 0.383 e. The second-order valence-corrected chi connectivity index (χ2v) is 7.88. The standard InChI is InChI=1S/C19H12Cl2N4O2S/c20-13-7-11(8-14(21)16(13)26)6-12-17(22)25-19(23-18(12)27)28-15(24-25)9-10-4-2-1-3-5-10/h1-8H,9,22H2. The van der Waals surface area contributed by atoms with Crippen molar-refractivity contribution in [2.75, 3.05) is 5.73 Å². The number of Topliss-reactive ketones (excluding diaryl/α,β-unsaturated/α-hetero) is 1. The van der Waals surface area contributed by atoms with Gasteiger partial charge in [0.15, 0.2) is 0 Å². The van der Waals surface area contributed by atoms with Crippen molar-refractivity contribution in [3.8, 4) is 0 Å². The average Bonchev–Trinajstić information content (AvgIpc) is 3.06. The molecule has 2 aromatic heterocycles. The van der Waals surface area contributed by atoms with Crippen LogP contribution in [0.1, 0.15) is 16.1 Å². The van der Waals surface area contributed by atoms with Gasteiger partial charge in [-0.15, -0.1) is 0 Å². The second kappa shape index (κ2) is 7.35. The molecule has 0 saturated carbocycles. The smallest absolute Gasteiger partial charge is 0.283 e. The van der Waals surface area contributed by atoms with E-state index in [4.69, 9.17) is 28.9 Å². The van der Waals surface area contributed by atoms with E-state index in [0.717, 1.165) is 10.6 Å². The van der Waals surface area contributed by atoms with Crippen LogP contribution in [-0.4, -0.2) is 20.4 Å². The number of fused-ring (bicyclic) bond motifs is 1. The Bertz CT molecular complexity index is 1230. The lowest BCUT2D eigenvalue weighted by Crippen LogP contribution is -2.17. The Morgan fingerprint density at radius 2 is 1.79 bits per heavy atom. The van der Waals surface area contributed by atoms with Gasteiger partial charge < -0.3 is 5.73 Å². The predicted molar refractivity (Wildman–Crippen MR) is 112 cm³/mol. The first-order valence-electron chi connectivity index (χ1n) is 8.15. The third-order valence-corrected chi connectivity index (χ3v) is 5.53. The van der Waals surface area contributed by atoms with Crippen molar-refractivity contribution in [3.63, 3.8) is 0 Å². The van der Waals surface area contributed by atoms with E-state index < -0.39 is 11.3 Å². The zero-order valence-electron chi connectivity index (χ0n) is 14.2. The molecule has 0 amide bonds. The van der Waals surface area contributed by atoms with Gasteiger partial charge in [-0.2, -0.15) is 14.6 Å². The number of anilines is 1. The summed E-state index contributed by atoms with van der Waals surface area (Å²) in [6, 6.07) is 9.85. The van der Waals surface area contributed by atoms with Crippen molar-refractivity contribution < 1.29 is 4.79 Å². The Kier molecular flexibility index (Phi) is 4.89. The van der Waals surface area contributed by atoms with Crippen molar-refractivity contribution in [3.05, 3.63) is 84.6 Å². The molecule has 9 heteroatoms. The lowest BCUT2D eigenvalue weighted by molar-refractivity contribution is -0.111. The van der Waals surface area contributed by atoms with Gasteiger partial charge in [-0.1, -0.05) is 64.9 Å². The first-order valence-corrected chi connectivity index (χ1v) is 9.72. The molecule has 0 unspecified atom stereocenters. The molecular formula is C19H12Cl2N4O2S. The van der Waals surface area contributed by atoms with Gasteiger partial charge >= 0.3 is 0 Å². The number of nitrogen functional groups attached to an aromatic ring is 1. The molecule has 3 aromatic rings. The second-order valence-electron chi connectivity index (χ2n) is 6.03. The molecule has 0 atom stereocenters. The van der Waals surface area contributed by atoms with Gasteiger partial charge in [0.05, 0.1) is 15.6 Å². The highest BCUT2D eigenvalue weighted by atomic mass is 35.5. The summed E-state index contributed by atoms with van der Waals surface area (Å²) in [6.07, 6.45) is 4.94. The van der Waals surface area contributed by atoms with Crippen LogP contribution in [0.5, 0.6) is 0 Å². The van der Waals surface area contributed by atoms with E-state index >= 15 is 0 Å². The highest BCUT2D eigenvalue weighted by Gasteiger charge is 2.18. The summed E-state index contributed by atoms with van der Waals surface area (Å²) in [5.41, 5.74) is 7.41. The lowest BCUT2D eigenvalue weighted by Gasteiger charge is -2.07. The Hall–Kier alpha value is -2.74. The van der Waals surface area contributed by atoms with E-state index in [1.807, 2.05) is 30.3 Å². The molecule has 0 aliphatic heterocycles. The number of rotatable bonds is 3. The fraction of sp³-hybridized carbons (Fsp3) is 0.0526. The molecule has 1 aromatic carbocycles. The maximum Gasteiger partial charge on any atom is 0.283 e. The number of allylic oxidation sites excluding steroid dienone is 5. The van der Waals surface area contributed by atoms with Gasteiger partial charge in [0, 0.05) is 6.42 Å². The molecule has 1 aliphatic carbocycles. The van der Waals surface area contributed by atoms with Crippen LogP contribution >= 0.6 is 34.5 Å². The van der Waals surface area contributed by atoms with Crippen LogP contribution in [0, 0.1) is 0 Å². The molecule has 0 saturated heterocycles. The predicted octanol–water partition coefficient (Wildman–Crippen LogP) is 3.54. The third kappa shape index (κ3) is 3.52. The van der Waals surface area contributed by atoms with E-state index in [2.05, 4.69) is 10.1 Å². The molecular weight excluding hydrogens is 419 g/mol. The lowest BCUT2D eigenvalue weighted by atomic mass is 10.1. The van der Waals surface area contributed by atoms with Crippen molar-refractivity contribution in [2.45, 2.75) is 6.42 Å². The summed E-state index contributed by atoms with van der Waals surface area (Å²) in [6.45, 7) is 0. The molecule has 1 aliphatic rings. The van der Waals surface area contributed by atoms with Gasteiger partial charge in [-0.3, -0.25) is 9.59 Å². The number of ketones is 1. The van der Waals surface area contributed by atoms with Gasteiger partial charge in [0.2, 0.25) is 10.7 Å². The van der Waals surface area contributed by atoms with E-state index in [0.29, 0.717) is 17.0 Å². The van der Waals surface area contributed by atoms with Crippen LogP contribution in [0.3, 0.4) is 0 Å². The molecule has 6 nitrogen and oxygen atoms in total. The van der Waals surface area contributed by atoms with E-state index in [-0.39, 0.29) is 21.4 Å². The van der Waals surface area contributed by atoms with E-state index in [1.54, 1.807) is 0 Å². The van der Waals surface area contributed by atoms with Crippen LogP contribution in [0.2, 0.25) is 0 Å². The van der Waals surface area contributed by atoms with Crippen LogP contribution in [0.15, 0.2) is 62.9 Å². The number of hydrogen-bond donors (Lipinski definition) is 1. The molecule has 4 rings (SSSR count). The number of hydrogen-bond acceptors (Lipinski definition) is 6. The molecule has 2 heterocycles. The number of aromatic nitrogens is 3. The maximum absolute atomic E-state index is 12.5. The molecule has 0 fully saturated rings. The summed E-state index contributed by atoms with van der Waals surface area (Å²) in [5, 5.41) is 5.19. The highest BCUT2D eigenvalue weighted by Crippen LogP contribution is 2.26. The van der Waals surface area contributed by atoms with Crippen LogP contribution < -0.4 is 11.3 Å². The minimum absolute atomic E-state index is 0.0368. The van der Waals surface area contributed by atoms with Gasteiger partial charge in [-0.25, -0.2) is 0 Å². The highest BCUT2D eigenvalue weighted by molar-refractivity contribution is 7.16. The van der Waals surface area contributed by atoms with Crippen LogP contribution in [0.25, 0.3) is 11.0 Å². The first-order chi connectivity index (χ1) is 13.4. The first kappa shape index (κ1) is 18.6. The number of carbonyl (C=O) groups excluding carboxylic acids is 1. The zero-order valence-corrected chi connectivity index (χ0v) is 16.6. The van der Waals surface area contributed by atoms with Gasteiger partial charge in [0.1, 0.15) is 10.8 Å². The normalized spacial score (nSPS) is 14.2. The Labute approximate surface area is 173 Å². The summed E-state index contributed by atoms with van der Waals surface area (Å²) in [4.78, 5) is 28.6. The summed E-state index contributed by atoms with van der Waals surface area (Å²) >= 11 is 13.1. The monoisotopic (exact) mass is 430 g/mol. The summed E-state index contributed by atoms with van der Waals surface area (Å²) in [5.74, 6) is -0.312. The van der Waals surface area contributed by atoms with Gasteiger partial charge in [0.25, 0.3) is 5.56 Å². The average molecular weight is 431 g/mol. The van der Waals surface area contributed by atoms with Crippen LogP contribution in [0.4, 0.5) is 5.82 Å². The van der Waals surface area contributed by atoms with E-state index in [9.17, 15) is 9.59 Å². The summed E-state index contributed by atoms with van der Waals surface area (Å²) in [7, 11) is 0. The van der Waals surface area contributed by atoms with Crippen LogP contribution in [-0.2, 0) is 11.2 Å². The number of carbonyl (C=O) groups is 1. The molecule has 28 heavy (non-hydrogen) atoms. The minimum atomic E-state index is -0.495. The number of nitrogens with zero attached hydrogens (tertiary/aromatic N) is 3. The number of nitrogens with two attached hydrogens (primary N) is 1. The fourth-order valence-electron chi connectivity index (χ4n) is 2.73. The van der Waals surface area contributed by atoms with Crippen molar-refractivity contribution in [2.24, 2.45) is 0 Å². The van der Waals surface area contributed by atoms with Gasteiger partial charge in [-0.05, 0) is 29.4 Å². The Morgan fingerprint density at radius 1 is 1.11 bits per heavy atom. The zero-order chi connectivity index (χ0) is 19.8. The molecule has 0 bridgehead atoms. The summed E-state index contributed by atoms with van der Waals surface area (Å²) < 4.78 is 1.45. The SMILES string of the molecule is Nc1c(C=C2C=C(Cl)C(=O)C(Cl)=C2)c(=O)nc2sc(Cc3ccccc3)nn12. The topological polar surface area (TPSA) is 90.4 Å².